The zero-order valence-corrected chi connectivity index (χ0v) is 11.4. The van der Waals surface area contributed by atoms with Crippen molar-refractivity contribution >= 4 is 40.5 Å². The Hall–Kier alpha value is -1.71. The number of para-hydroxylation sites is 2. The maximum atomic E-state index is 10.8. The van der Waals surface area contributed by atoms with Gasteiger partial charge in [0.15, 0.2) is 0 Å². The van der Waals surface area contributed by atoms with Gasteiger partial charge in [-0.3, -0.25) is 4.79 Å². The number of carboxylic acids is 1. The average molecular weight is 312 g/mol. The number of nitrogens with one attached hydrogen (secondary N) is 1. The van der Waals surface area contributed by atoms with Crippen LogP contribution in [0.4, 0.5) is 11.4 Å². The molecule has 2 aromatic carbocycles. The lowest BCUT2D eigenvalue weighted by Crippen LogP contribution is -2.04. The summed E-state index contributed by atoms with van der Waals surface area (Å²) in [7, 11) is 0. The monoisotopic (exact) mass is 311 g/mol. The van der Waals surface area contributed by atoms with Gasteiger partial charge in [0.05, 0.1) is 22.2 Å². The number of halogens is 2. The van der Waals surface area contributed by atoms with Gasteiger partial charge >= 0.3 is 5.97 Å². The molecule has 2 N–H and O–H groups in total. The van der Waals surface area contributed by atoms with Crippen LogP contribution >= 0.6 is 23.2 Å². The summed E-state index contributed by atoms with van der Waals surface area (Å²) >= 11 is 12.1. The quantitative estimate of drug-likeness (QED) is 0.835. The Bertz CT molecular complexity index is 594. The number of hydrogen-bond acceptors (Lipinski definition) is 2. The molecule has 0 aromatic heterocycles. The molecule has 0 bridgehead atoms. The van der Waals surface area contributed by atoms with Crippen molar-refractivity contribution in [3.8, 4) is 0 Å². The number of anilines is 2. The van der Waals surface area contributed by atoms with Crippen LogP contribution in [0.2, 0.25) is 10.0 Å². The molecule has 0 unspecified atom stereocenters. The van der Waals surface area contributed by atoms with Crippen molar-refractivity contribution in [2.75, 3.05) is 5.32 Å². The summed E-state index contributed by atoms with van der Waals surface area (Å²) in [5, 5.41) is 12.9. The number of benzene rings is 2. The normalized spacial score (nSPS) is 9.70. The van der Waals surface area contributed by atoms with Gasteiger partial charge in [-0.15, -0.1) is 0 Å². The highest BCUT2D eigenvalue weighted by Gasteiger charge is 2.10. The first kappa shape index (κ1) is 16.3. The lowest BCUT2D eigenvalue weighted by atomic mass is 10.1. The van der Waals surface area contributed by atoms with E-state index in [0.717, 1.165) is 0 Å². The van der Waals surface area contributed by atoms with Gasteiger partial charge < -0.3 is 10.4 Å². The Morgan fingerprint density at radius 2 is 1.65 bits per heavy atom. The van der Waals surface area contributed by atoms with Gasteiger partial charge in [0.25, 0.3) is 0 Å². The maximum Gasteiger partial charge on any atom is 0.307 e. The molecule has 3 nitrogen and oxygen atoms in total. The third-order valence-electron chi connectivity index (χ3n) is 2.58. The van der Waals surface area contributed by atoms with E-state index in [2.05, 4.69) is 5.32 Å². The van der Waals surface area contributed by atoms with Crippen LogP contribution in [-0.4, -0.2) is 11.1 Å². The summed E-state index contributed by atoms with van der Waals surface area (Å²) in [5.74, 6) is -0.889. The van der Waals surface area contributed by atoms with E-state index in [0.29, 0.717) is 27.0 Å². The van der Waals surface area contributed by atoms with Gasteiger partial charge in [0, 0.05) is 5.69 Å². The molecule has 20 heavy (non-hydrogen) atoms. The van der Waals surface area contributed by atoms with Crippen molar-refractivity contribution in [2.45, 2.75) is 13.8 Å². The first-order chi connectivity index (χ1) is 9.08. The molecular weight excluding hydrogens is 297 g/mol. The summed E-state index contributed by atoms with van der Waals surface area (Å²) in [6, 6.07) is 12.3. The summed E-state index contributed by atoms with van der Waals surface area (Å²) in [6.45, 7) is 0. The SMILES string of the molecule is C.O=C(O)Cc1ccccc1Nc1c(Cl)cccc1Cl. The van der Waals surface area contributed by atoms with Gasteiger partial charge in [-0.1, -0.05) is 54.9 Å². The highest BCUT2D eigenvalue weighted by atomic mass is 35.5. The standard InChI is InChI=1S/C14H11Cl2NO2.CH4/c15-10-5-3-6-11(16)14(10)17-12-7-2-1-4-9(12)8-13(18)19;/h1-7,17H,8H2,(H,18,19);1H4. The fourth-order valence-corrected chi connectivity index (χ4v) is 2.20. The molecule has 106 valence electrons. The molecule has 2 rings (SSSR count). The van der Waals surface area contributed by atoms with Crippen LogP contribution in [0.3, 0.4) is 0 Å². The summed E-state index contributed by atoms with van der Waals surface area (Å²) in [5.41, 5.74) is 1.93. The van der Waals surface area contributed by atoms with Crippen LogP contribution in [0.1, 0.15) is 13.0 Å². The molecule has 0 amide bonds. The largest absolute Gasteiger partial charge is 0.481 e. The van der Waals surface area contributed by atoms with Crippen LogP contribution in [0, 0.1) is 0 Å². The van der Waals surface area contributed by atoms with E-state index in [1.807, 2.05) is 6.07 Å². The lowest BCUT2D eigenvalue weighted by molar-refractivity contribution is -0.136. The number of carboxylic acid groups (broad SMARTS) is 1. The molecule has 0 heterocycles. The highest BCUT2D eigenvalue weighted by molar-refractivity contribution is 6.39. The second-order valence-corrected chi connectivity index (χ2v) is 4.76. The highest BCUT2D eigenvalue weighted by Crippen LogP contribution is 2.33. The molecular formula is C15H15Cl2NO2. The molecule has 0 radical (unpaired) electrons. The third-order valence-corrected chi connectivity index (χ3v) is 3.21. The molecule has 0 atom stereocenters. The molecule has 0 aliphatic carbocycles. The molecule has 0 saturated heterocycles. The topological polar surface area (TPSA) is 49.3 Å². The average Bonchev–Trinajstić information content (AvgIpc) is 2.35. The molecule has 0 aliphatic heterocycles. The molecule has 0 fully saturated rings. The Balaban J connectivity index is 0.00000200. The van der Waals surface area contributed by atoms with Crippen molar-refractivity contribution in [3.05, 3.63) is 58.1 Å². The van der Waals surface area contributed by atoms with E-state index in [4.69, 9.17) is 28.3 Å². The minimum atomic E-state index is -0.889. The van der Waals surface area contributed by atoms with Gasteiger partial charge in [-0.25, -0.2) is 0 Å². The van der Waals surface area contributed by atoms with Crippen molar-refractivity contribution < 1.29 is 9.90 Å². The van der Waals surface area contributed by atoms with Crippen LogP contribution in [0.5, 0.6) is 0 Å². The van der Waals surface area contributed by atoms with E-state index < -0.39 is 5.97 Å². The fourth-order valence-electron chi connectivity index (χ4n) is 1.71. The zero-order chi connectivity index (χ0) is 13.8. The summed E-state index contributed by atoms with van der Waals surface area (Å²) in [4.78, 5) is 10.8. The van der Waals surface area contributed by atoms with Crippen molar-refractivity contribution in [1.29, 1.82) is 0 Å². The molecule has 0 saturated carbocycles. The van der Waals surface area contributed by atoms with Gasteiger partial charge in [0.2, 0.25) is 0 Å². The van der Waals surface area contributed by atoms with Crippen LogP contribution < -0.4 is 5.32 Å². The molecule has 0 aliphatic rings. The molecule has 0 spiro atoms. The second-order valence-electron chi connectivity index (χ2n) is 3.95. The molecule has 5 heteroatoms. The lowest BCUT2D eigenvalue weighted by Gasteiger charge is -2.13. The Labute approximate surface area is 128 Å². The predicted octanol–water partition coefficient (Wildman–Crippen LogP) is 5.00. The molecule has 2 aromatic rings. The number of carbonyl (C=O) groups is 1. The Kier molecular flexibility index (Phi) is 5.86. The first-order valence-electron chi connectivity index (χ1n) is 5.58. The minimum Gasteiger partial charge on any atom is -0.481 e. The van der Waals surface area contributed by atoms with Crippen LogP contribution in [0.15, 0.2) is 42.5 Å². The number of aliphatic carboxylic acids is 1. The van der Waals surface area contributed by atoms with Crippen molar-refractivity contribution in [2.24, 2.45) is 0 Å². The number of hydrogen-bond donors (Lipinski definition) is 2. The van der Waals surface area contributed by atoms with E-state index in [1.54, 1.807) is 36.4 Å². The summed E-state index contributed by atoms with van der Waals surface area (Å²) in [6.07, 6.45) is -0.0642. The number of rotatable bonds is 4. The van der Waals surface area contributed by atoms with Gasteiger partial charge in [-0.05, 0) is 23.8 Å². The fraction of sp³-hybridized carbons (Fsp3) is 0.133. The van der Waals surface area contributed by atoms with Crippen molar-refractivity contribution in [3.63, 3.8) is 0 Å². The van der Waals surface area contributed by atoms with E-state index in [1.165, 1.54) is 0 Å². The van der Waals surface area contributed by atoms with Crippen LogP contribution in [-0.2, 0) is 11.2 Å². The third kappa shape index (κ3) is 3.89. The minimum absolute atomic E-state index is 0. The first-order valence-corrected chi connectivity index (χ1v) is 6.34. The maximum absolute atomic E-state index is 10.8. The predicted molar refractivity (Wildman–Crippen MR) is 84.3 cm³/mol. The van der Waals surface area contributed by atoms with E-state index in [9.17, 15) is 4.79 Å². The van der Waals surface area contributed by atoms with E-state index in [-0.39, 0.29) is 13.8 Å². The Morgan fingerprint density at radius 3 is 2.25 bits per heavy atom. The van der Waals surface area contributed by atoms with Gasteiger partial charge in [0.1, 0.15) is 0 Å². The van der Waals surface area contributed by atoms with E-state index >= 15 is 0 Å². The second kappa shape index (κ2) is 7.17. The van der Waals surface area contributed by atoms with Crippen LogP contribution in [0.25, 0.3) is 0 Å². The zero-order valence-electron chi connectivity index (χ0n) is 9.86. The summed E-state index contributed by atoms with van der Waals surface area (Å²) < 4.78 is 0. The van der Waals surface area contributed by atoms with Crippen molar-refractivity contribution in [1.82, 2.24) is 0 Å². The Morgan fingerprint density at radius 1 is 1.05 bits per heavy atom. The smallest absolute Gasteiger partial charge is 0.307 e. The van der Waals surface area contributed by atoms with Gasteiger partial charge in [-0.2, -0.15) is 0 Å².